The zero-order chi connectivity index (χ0) is 8.43. The fraction of sp³-hybridized carbons (Fsp3) is 0.429. The van der Waals surface area contributed by atoms with E-state index in [4.69, 9.17) is 0 Å². The SMILES string of the molecule is C=C(C)N1CCC(=O)NC1=O. The van der Waals surface area contributed by atoms with Gasteiger partial charge in [0.1, 0.15) is 0 Å². The van der Waals surface area contributed by atoms with Gasteiger partial charge in [0.2, 0.25) is 5.91 Å². The maximum Gasteiger partial charge on any atom is 0.328 e. The lowest BCUT2D eigenvalue weighted by Crippen LogP contribution is -2.48. The molecule has 11 heavy (non-hydrogen) atoms. The Bertz CT molecular complexity index is 222. The number of imide groups is 1. The van der Waals surface area contributed by atoms with Crippen molar-refractivity contribution in [1.29, 1.82) is 0 Å². The van der Waals surface area contributed by atoms with Crippen molar-refractivity contribution in [2.75, 3.05) is 6.54 Å². The molecule has 1 aliphatic heterocycles. The molecule has 0 unspecified atom stereocenters. The highest BCUT2D eigenvalue weighted by molar-refractivity contribution is 5.97. The molecule has 0 aromatic rings. The second kappa shape index (κ2) is 2.74. The molecule has 0 aromatic heterocycles. The van der Waals surface area contributed by atoms with Crippen LogP contribution < -0.4 is 5.32 Å². The third-order valence-electron chi connectivity index (χ3n) is 1.51. The molecule has 0 aromatic carbocycles. The topological polar surface area (TPSA) is 49.4 Å². The van der Waals surface area contributed by atoms with Gasteiger partial charge in [-0.15, -0.1) is 0 Å². The van der Waals surface area contributed by atoms with Crippen LogP contribution in [0.3, 0.4) is 0 Å². The Hall–Kier alpha value is -1.32. The summed E-state index contributed by atoms with van der Waals surface area (Å²) in [4.78, 5) is 23.1. The molecule has 0 saturated carbocycles. The van der Waals surface area contributed by atoms with E-state index in [1.807, 2.05) is 0 Å². The molecule has 1 N–H and O–H groups in total. The maximum absolute atomic E-state index is 11.0. The summed E-state index contributed by atoms with van der Waals surface area (Å²) in [5.74, 6) is -0.215. The highest BCUT2D eigenvalue weighted by Gasteiger charge is 2.22. The highest BCUT2D eigenvalue weighted by atomic mass is 16.2. The normalized spacial score (nSPS) is 18.1. The zero-order valence-corrected chi connectivity index (χ0v) is 6.39. The van der Waals surface area contributed by atoms with E-state index in [1.165, 1.54) is 4.90 Å². The molecule has 0 spiro atoms. The third kappa shape index (κ3) is 1.58. The summed E-state index contributed by atoms with van der Waals surface area (Å²) >= 11 is 0. The van der Waals surface area contributed by atoms with Crippen LogP contribution in [-0.2, 0) is 4.79 Å². The van der Waals surface area contributed by atoms with Gasteiger partial charge in [-0.1, -0.05) is 6.58 Å². The van der Waals surface area contributed by atoms with Crippen LogP contribution in [0.15, 0.2) is 12.3 Å². The monoisotopic (exact) mass is 154 g/mol. The first-order chi connectivity index (χ1) is 5.11. The summed E-state index contributed by atoms with van der Waals surface area (Å²) < 4.78 is 0. The number of hydrogen-bond donors (Lipinski definition) is 1. The Balaban J connectivity index is 2.65. The van der Waals surface area contributed by atoms with Crippen molar-refractivity contribution >= 4 is 11.9 Å². The minimum atomic E-state index is -0.367. The third-order valence-corrected chi connectivity index (χ3v) is 1.51. The number of amides is 3. The van der Waals surface area contributed by atoms with Crippen molar-refractivity contribution < 1.29 is 9.59 Å². The number of nitrogens with one attached hydrogen (secondary N) is 1. The van der Waals surface area contributed by atoms with Gasteiger partial charge in [0.05, 0.1) is 0 Å². The summed E-state index contributed by atoms with van der Waals surface area (Å²) in [6.45, 7) is 5.78. The summed E-state index contributed by atoms with van der Waals surface area (Å²) in [5, 5.41) is 2.20. The quantitative estimate of drug-likeness (QED) is 0.596. The van der Waals surface area contributed by atoms with Crippen molar-refractivity contribution in [2.45, 2.75) is 13.3 Å². The van der Waals surface area contributed by atoms with Gasteiger partial charge in [0.15, 0.2) is 0 Å². The summed E-state index contributed by atoms with van der Waals surface area (Å²) in [5.41, 5.74) is 0.662. The number of carbonyl (C=O) groups excluding carboxylic acids is 2. The van der Waals surface area contributed by atoms with Gasteiger partial charge in [-0.25, -0.2) is 4.79 Å². The molecular formula is C7H10N2O2. The van der Waals surface area contributed by atoms with Gasteiger partial charge in [-0.2, -0.15) is 0 Å². The molecule has 4 nitrogen and oxygen atoms in total. The second-order valence-corrected chi connectivity index (χ2v) is 2.49. The van der Waals surface area contributed by atoms with Crippen LogP contribution in [0, 0.1) is 0 Å². The predicted molar refractivity (Wildman–Crippen MR) is 39.7 cm³/mol. The number of allylic oxidation sites excluding steroid dienone is 1. The molecule has 0 atom stereocenters. The first-order valence-electron chi connectivity index (χ1n) is 3.38. The van der Waals surface area contributed by atoms with Gasteiger partial charge < -0.3 is 0 Å². The van der Waals surface area contributed by atoms with E-state index >= 15 is 0 Å². The standard InChI is InChI=1S/C7H10N2O2/c1-5(2)9-4-3-6(10)8-7(9)11/h1,3-4H2,2H3,(H,8,10,11). The van der Waals surface area contributed by atoms with E-state index in [2.05, 4.69) is 11.9 Å². The number of urea groups is 1. The highest BCUT2D eigenvalue weighted by Crippen LogP contribution is 2.06. The number of carbonyl (C=O) groups is 2. The van der Waals surface area contributed by atoms with E-state index in [0.29, 0.717) is 18.7 Å². The van der Waals surface area contributed by atoms with Crippen LogP contribution in [0.25, 0.3) is 0 Å². The van der Waals surface area contributed by atoms with Gasteiger partial charge in [0, 0.05) is 18.7 Å². The maximum atomic E-state index is 11.0. The minimum Gasteiger partial charge on any atom is -0.298 e. The molecule has 1 heterocycles. The van der Waals surface area contributed by atoms with Gasteiger partial charge >= 0.3 is 6.03 Å². The lowest BCUT2D eigenvalue weighted by atomic mass is 10.3. The molecule has 0 aliphatic carbocycles. The van der Waals surface area contributed by atoms with E-state index in [0.717, 1.165) is 0 Å². The Morgan fingerprint density at radius 2 is 2.27 bits per heavy atom. The fourth-order valence-electron chi connectivity index (χ4n) is 0.928. The predicted octanol–water partition coefficient (Wildman–Crippen LogP) is 0.462. The molecule has 1 fully saturated rings. The molecule has 1 rings (SSSR count). The Morgan fingerprint density at radius 1 is 1.64 bits per heavy atom. The Labute approximate surface area is 64.9 Å². The zero-order valence-electron chi connectivity index (χ0n) is 6.39. The van der Waals surface area contributed by atoms with E-state index in [-0.39, 0.29) is 11.9 Å². The van der Waals surface area contributed by atoms with Crippen molar-refractivity contribution in [3.05, 3.63) is 12.3 Å². The largest absolute Gasteiger partial charge is 0.328 e. The smallest absolute Gasteiger partial charge is 0.298 e. The fourth-order valence-corrected chi connectivity index (χ4v) is 0.928. The Morgan fingerprint density at radius 3 is 2.73 bits per heavy atom. The van der Waals surface area contributed by atoms with E-state index in [9.17, 15) is 9.59 Å². The van der Waals surface area contributed by atoms with Crippen LogP contribution in [-0.4, -0.2) is 23.4 Å². The van der Waals surface area contributed by atoms with E-state index < -0.39 is 0 Å². The Kier molecular flexibility index (Phi) is 1.94. The van der Waals surface area contributed by atoms with Crippen molar-refractivity contribution in [3.8, 4) is 0 Å². The summed E-state index contributed by atoms with van der Waals surface area (Å²) in [7, 11) is 0. The van der Waals surface area contributed by atoms with Crippen molar-refractivity contribution in [1.82, 2.24) is 10.2 Å². The van der Waals surface area contributed by atoms with Crippen LogP contribution in [0.5, 0.6) is 0 Å². The average molecular weight is 154 g/mol. The summed E-state index contributed by atoms with van der Waals surface area (Å²) in [6.07, 6.45) is 0.360. The first kappa shape index (κ1) is 7.78. The molecule has 1 saturated heterocycles. The lowest BCUT2D eigenvalue weighted by Gasteiger charge is -2.26. The molecular weight excluding hydrogens is 144 g/mol. The molecule has 60 valence electrons. The molecule has 0 bridgehead atoms. The van der Waals surface area contributed by atoms with Gasteiger partial charge in [-0.05, 0) is 6.92 Å². The number of hydrogen-bond acceptors (Lipinski definition) is 2. The molecule has 4 heteroatoms. The molecule has 0 radical (unpaired) electrons. The minimum absolute atomic E-state index is 0.215. The van der Waals surface area contributed by atoms with E-state index in [1.54, 1.807) is 6.92 Å². The number of nitrogens with zero attached hydrogens (tertiary/aromatic N) is 1. The lowest BCUT2D eigenvalue weighted by molar-refractivity contribution is -0.121. The van der Waals surface area contributed by atoms with Gasteiger partial charge in [0.25, 0.3) is 0 Å². The number of rotatable bonds is 1. The van der Waals surface area contributed by atoms with Crippen LogP contribution >= 0.6 is 0 Å². The van der Waals surface area contributed by atoms with Crippen molar-refractivity contribution in [2.24, 2.45) is 0 Å². The van der Waals surface area contributed by atoms with Crippen LogP contribution in [0.4, 0.5) is 4.79 Å². The molecule has 1 aliphatic rings. The first-order valence-corrected chi connectivity index (χ1v) is 3.38. The average Bonchev–Trinajstić information content (AvgIpc) is 1.85. The van der Waals surface area contributed by atoms with Crippen LogP contribution in [0.2, 0.25) is 0 Å². The van der Waals surface area contributed by atoms with Gasteiger partial charge in [-0.3, -0.25) is 15.0 Å². The van der Waals surface area contributed by atoms with Crippen molar-refractivity contribution in [3.63, 3.8) is 0 Å². The summed E-state index contributed by atoms with van der Waals surface area (Å²) in [6, 6.07) is -0.367. The van der Waals surface area contributed by atoms with Crippen LogP contribution in [0.1, 0.15) is 13.3 Å². The second-order valence-electron chi connectivity index (χ2n) is 2.49. The molecule has 3 amide bonds.